The van der Waals surface area contributed by atoms with Crippen LogP contribution in [0.4, 0.5) is 4.39 Å². The minimum absolute atomic E-state index is 0.0280. The molecule has 0 spiro atoms. The summed E-state index contributed by atoms with van der Waals surface area (Å²) in [5.41, 5.74) is 1.84. The summed E-state index contributed by atoms with van der Waals surface area (Å²) in [4.78, 5) is 45.6. The zero-order valence-electron chi connectivity index (χ0n) is 26.2. The number of halogens is 1. The van der Waals surface area contributed by atoms with Crippen molar-refractivity contribution in [1.82, 2.24) is 20.5 Å². The van der Waals surface area contributed by atoms with Gasteiger partial charge < -0.3 is 20.5 Å². The van der Waals surface area contributed by atoms with Gasteiger partial charge in [0.05, 0.1) is 28.2 Å². The maximum absolute atomic E-state index is 14.5. The van der Waals surface area contributed by atoms with Crippen LogP contribution in [0.2, 0.25) is 0 Å². The zero-order chi connectivity index (χ0) is 31.7. The quantitative estimate of drug-likeness (QED) is 0.323. The molecule has 1 saturated carbocycles. The first kappa shape index (κ1) is 33.0. The molecule has 2 aliphatic rings. The van der Waals surface area contributed by atoms with E-state index in [2.05, 4.69) is 15.6 Å². The fourth-order valence-electron chi connectivity index (χ4n) is 5.34. The summed E-state index contributed by atoms with van der Waals surface area (Å²) >= 11 is 1.52. The molecular weight excluding hydrogens is 571 g/mol. The van der Waals surface area contributed by atoms with E-state index in [4.69, 9.17) is 4.74 Å². The molecule has 1 aliphatic carbocycles. The Bertz CT molecular complexity index is 1340. The molecule has 2 unspecified atom stereocenters. The number of hydrogen-bond donors (Lipinski definition) is 3. The molecule has 236 valence electrons. The van der Waals surface area contributed by atoms with Crippen LogP contribution in [-0.4, -0.2) is 69.7 Å². The minimum atomic E-state index is -1.87. The van der Waals surface area contributed by atoms with Crippen LogP contribution in [0.15, 0.2) is 23.7 Å². The third-order valence-corrected chi connectivity index (χ3v) is 9.32. The molecule has 0 bridgehead atoms. The minimum Gasteiger partial charge on any atom is -0.485 e. The lowest BCUT2D eigenvalue weighted by Crippen LogP contribution is -2.61. The first-order valence-electron chi connectivity index (χ1n) is 15.0. The molecule has 3 N–H and O–H groups in total. The van der Waals surface area contributed by atoms with Crippen LogP contribution in [0.1, 0.15) is 72.1 Å². The van der Waals surface area contributed by atoms with Gasteiger partial charge in [-0.25, -0.2) is 9.37 Å². The molecule has 4 rings (SSSR count). The molecule has 1 aromatic heterocycles. The summed E-state index contributed by atoms with van der Waals surface area (Å²) in [5.74, 6) is -0.538. The molecule has 2 aromatic rings. The van der Waals surface area contributed by atoms with Crippen molar-refractivity contribution in [2.75, 3.05) is 13.2 Å². The highest BCUT2D eigenvalue weighted by molar-refractivity contribution is 7.13. The number of thiazole rings is 1. The number of likely N-dealkylation sites (tertiary alicyclic amines) is 1. The number of amides is 2. The van der Waals surface area contributed by atoms with Crippen molar-refractivity contribution in [3.63, 3.8) is 0 Å². The van der Waals surface area contributed by atoms with Crippen molar-refractivity contribution < 1.29 is 28.6 Å². The van der Waals surface area contributed by atoms with E-state index in [0.717, 1.165) is 16.1 Å². The number of aliphatic hydroxyl groups is 1. The second-order valence-electron chi connectivity index (χ2n) is 13.5. The van der Waals surface area contributed by atoms with Crippen molar-refractivity contribution in [3.8, 4) is 16.2 Å². The number of hydrogen-bond acceptors (Lipinski definition) is 8. The van der Waals surface area contributed by atoms with Crippen LogP contribution in [0.3, 0.4) is 0 Å². The van der Waals surface area contributed by atoms with Crippen LogP contribution in [-0.2, 0) is 20.9 Å². The van der Waals surface area contributed by atoms with E-state index < -0.39 is 35.3 Å². The topological polar surface area (TPSA) is 121 Å². The van der Waals surface area contributed by atoms with Crippen LogP contribution in [0, 0.1) is 24.2 Å². The molecule has 11 heteroatoms. The Kier molecular flexibility index (Phi) is 9.98. The third-order valence-electron chi connectivity index (χ3n) is 8.35. The normalized spacial score (nSPS) is 21.3. The van der Waals surface area contributed by atoms with Crippen LogP contribution >= 0.6 is 11.3 Å². The summed E-state index contributed by atoms with van der Waals surface area (Å²) in [6, 6.07) is 4.27. The molecular formula is C32H45FN4O5S. The van der Waals surface area contributed by atoms with Crippen molar-refractivity contribution in [1.29, 1.82) is 0 Å². The van der Waals surface area contributed by atoms with E-state index in [-0.39, 0.29) is 49.5 Å². The number of ether oxygens (including phenoxy) is 1. The zero-order valence-corrected chi connectivity index (χ0v) is 27.0. The van der Waals surface area contributed by atoms with Crippen molar-refractivity contribution in [3.05, 3.63) is 35.0 Å². The lowest BCUT2D eigenvalue weighted by molar-refractivity contribution is -0.137. The summed E-state index contributed by atoms with van der Waals surface area (Å²) in [5, 5.41) is 17.3. The molecule has 9 nitrogen and oxygen atoms in total. The van der Waals surface area contributed by atoms with Gasteiger partial charge in [0.1, 0.15) is 18.6 Å². The molecule has 2 heterocycles. The highest BCUT2D eigenvalue weighted by Crippen LogP contribution is 2.41. The van der Waals surface area contributed by atoms with Gasteiger partial charge in [-0.05, 0) is 49.1 Å². The van der Waals surface area contributed by atoms with Crippen molar-refractivity contribution in [2.24, 2.45) is 17.3 Å². The van der Waals surface area contributed by atoms with E-state index >= 15 is 0 Å². The van der Waals surface area contributed by atoms with Gasteiger partial charge in [0.2, 0.25) is 5.91 Å². The highest BCUT2D eigenvalue weighted by atomic mass is 32.1. The van der Waals surface area contributed by atoms with E-state index in [1.165, 1.54) is 11.3 Å². The number of benzene rings is 1. The standard InChI is InChI=1S/C32H45FN4O5S/c1-18(2)24(38)16-42-25-13-21(26-20(4)35-17-43-26)8-9-22(25)14-34-28(39)23-12-19(3)15-37(23)29(40)27(31(5,6)7)36-30(41)32(33)10-11-32/h8-9,13,17-19,23,27,29,40H,10-12,14-16H2,1-7H3,(H,34,39)(H,36,41)/t19?,23-,27+,29?/m0/s1. The van der Waals surface area contributed by atoms with Gasteiger partial charge >= 0.3 is 0 Å². The number of rotatable bonds is 12. The van der Waals surface area contributed by atoms with E-state index in [1.807, 2.05) is 66.7 Å². The van der Waals surface area contributed by atoms with Crippen molar-refractivity contribution >= 4 is 28.9 Å². The second-order valence-corrected chi connectivity index (χ2v) is 14.3. The average Bonchev–Trinajstić information content (AvgIpc) is 3.35. The molecule has 0 radical (unpaired) electrons. The Morgan fingerprint density at radius 3 is 2.53 bits per heavy atom. The van der Waals surface area contributed by atoms with E-state index in [0.29, 0.717) is 24.3 Å². The average molecular weight is 617 g/mol. The Hall–Kier alpha value is -2.89. The third kappa shape index (κ3) is 7.80. The number of ketones is 1. The Labute approximate surface area is 257 Å². The number of nitrogens with zero attached hydrogens (tertiary/aromatic N) is 2. The predicted octanol–water partition coefficient (Wildman–Crippen LogP) is 4.40. The van der Waals surface area contributed by atoms with Gasteiger partial charge in [0, 0.05) is 24.6 Å². The fraction of sp³-hybridized carbons (Fsp3) is 0.625. The molecule has 1 aromatic carbocycles. The molecule has 43 heavy (non-hydrogen) atoms. The van der Waals surface area contributed by atoms with E-state index in [9.17, 15) is 23.9 Å². The maximum atomic E-state index is 14.5. The largest absolute Gasteiger partial charge is 0.485 e. The van der Waals surface area contributed by atoms with Gasteiger partial charge in [-0.1, -0.05) is 53.7 Å². The number of Topliss-reactive ketones (excluding diaryl/α,β-unsaturated/α-hetero) is 1. The molecule has 2 amide bonds. The maximum Gasteiger partial charge on any atom is 0.258 e. The van der Waals surface area contributed by atoms with Gasteiger partial charge in [-0.3, -0.25) is 19.3 Å². The first-order valence-corrected chi connectivity index (χ1v) is 15.9. The molecule has 1 aliphatic heterocycles. The van der Waals surface area contributed by atoms with Crippen LogP contribution in [0.5, 0.6) is 5.75 Å². The molecule has 2 fully saturated rings. The highest BCUT2D eigenvalue weighted by Gasteiger charge is 2.53. The van der Waals surface area contributed by atoms with Gasteiger partial charge in [-0.2, -0.15) is 0 Å². The smallest absolute Gasteiger partial charge is 0.258 e. The molecule has 4 atom stereocenters. The van der Waals surface area contributed by atoms with Crippen LogP contribution < -0.4 is 15.4 Å². The predicted molar refractivity (Wildman–Crippen MR) is 164 cm³/mol. The van der Waals surface area contributed by atoms with Gasteiger partial charge in [0.15, 0.2) is 11.5 Å². The van der Waals surface area contributed by atoms with Gasteiger partial charge in [0.25, 0.3) is 5.91 Å². The van der Waals surface area contributed by atoms with Crippen molar-refractivity contribution in [2.45, 2.75) is 98.3 Å². The number of carbonyl (C=O) groups excluding carboxylic acids is 3. The lowest BCUT2D eigenvalue weighted by atomic mass is 9.84. The Morgan fingerprint density at radius 1 is 1.26 bits per heavy atom. The SMILES string of the molecule is Cc1ncsc1-c1ccc(CNC(=O)[C@@H]2CC(C)CN2C(O)[C@@H](NC(=O)C2(F)CC2)C(C)(C)C)c(OCC(=O)C(C)C)c1. The Morgan fingerprint density at radius 2 is 1.95 bits per heavy atom. The number of aliphatic hydroxyl groups excluding tert-OH is 1. The Balaban J connectivity index is 1.50. The second kappa shape index (κ2) is 13.0. The monoisotopic (exact) mass is 616 g/mol. The number of nitrogens with one attached hydrogen (secondary N) is 2. The summed E-state index contributed by atoms with van der Waals surface area (Å²) in [6.07, 6.45) is -0.300. The number of carbonyl (C=O) groups is 3. The summed E-state index contributed by atoms with van der Waals surface area (Å²) in [6.45, 7) is 13.7. The molecule has 1 saturated heterocycles. The summed E-state index contributed by atoms with van der Waals surface area (Å²) in [7, 11) is 0. The number of aromatic nitrogens is 1. The number of aryl methyl sites for hydroxylation is 1. The van der Waals surface area contributed by atoms with Crippen LogP contribution in [0.25, 0.3) is 10.4 Å². The summed E-state index contributed by atoms with van der Waals surface area (Å²) < 4.78 is 20.5. The fourth-order valence-corrected chi connectivity index (χ4v) is 6.14. The first-order chi connectivity index (χ1) is 20.1. The van der Waals surface area contributed by atoms with Gasteiger partial charge in [-0.15, -0.1) is 11.3 Å². The lowest BCUT2D eigenvalue weighted by Gasteiger charge is -2.41. The number of alkyl halides is 1. The van der Waals surface area contributed by atoms with E-state index in [1.54, 1.807) is 10.4 Å².